The molecular formula is C8H15BrO3. The fraction of sp³-hybridized carbons (Fsp3) is 0.875. The van der Waals surface area contributed by atoms with Crippen LogP contribution in [0.4, 0.5) is 0 Å². The van der Waals surface area contributed by atoms with E-state index in [1.807, 2.05) is 13.8 Å². The summed E-state index contributed by atoms with van der Waals surface area (Å²) in [5.41, 5.74) is 0. The van der Waals surface area contributed by atoms with Gasteiger partial charge in [-0.2, -0.15) is 0 Å². The number of esters is 1. The van der Waals surface area contributed by atoms with Gasteiger partial charge in [0.05, 0.1) is 12.2 Å². The second kappa shape index (κ2) is 5.54. The number of hydrogen-bond acceptors (Lipinski definition) is 3. The fourth-order valence-electron chi connectivity index (χ4n) is 0.580. The maximum atomic E-state index is 11.1. The van der Waals surface area contributed by atoms with Crippen molar-refractivity contribution in [2.45, 2.75) is 44.9 Å². The second-order valence-corrected chi connectivity index (χ2v) is 3.82. The van der Waals surface area contributed by atoms with Gasteiger partial charge < -0.3 is 9.47 Å². The predicted molar refractivity (Wildman–Crippen MR) is 50.2 cm³/mol. The molecule has 0 spiro atoms. The van der Waals surface area contributed by atoms with Crippen LogP contribution in [-0.4, -0.2) is 23.2 Å². The highest BCUT2D eigenvalue weighted by molar-refractivity contribution is 9.09. The fourth-order valence-corrected chi connectivity index (χ4v) is 1.12. The normalized spacial score (nSPS) is 13.6. The molecule has 0 rings (SSSR count). The van der Waals surface area contributed by atoms with E-state index in [0.29, 0.717) is 0 Å². The number of rotatable bonds is 4. The minimum atomic E-state index is -0.653. The first-order valence-corrected chi connectivity index (χ1v) is 4.85. The summed E-state index contributed by atoms with van der Waals surface area (Å²) >= 11 is 3.08. The summed E-state index contributed by atoms with van der Waals surface area (Å²) in [6.07, 6.45) is -0.0950. The molecule has 0 N–H and O–H groups in total. The summed E-state index contributed by atoms with van der Waals surface area (Å²) in [5.74, 6) is -0.376. The Kier molecular flexibility index (Phi) is 5.50. The maximum absolute atomic E-state index is 11.1. The van der Waals surface area contributed by atoms with Crippen molar-refractivity contribution >= 4 is 21.9 Å². The first-order valence-electron chi connectivity index (χ1n) is 3.93. The summed E-state index contributed by atoms with van der Waals surface area (Å²) in [7, 11) is 0. The average Bonchev–Trinajstić information content (AvgIpc) is 1.84. The van der Waals surface area contributed by atoms with E-state index in [1.165, 1.54) is 0 Å². The van der Waals surface area contributed by atoms with Crippen LogP contribution in [0.3, 0.4) is 0 Å². The Morgan fingerprint density at radius 3 is 2.00 bits per heavy atom. The van der Waals surface area contributed by atoms with Gasteiger partial charge in [-0.15, -0.1) is 0 Å². The highest BCUT2D eigenvalue weighted by atomic mass is 79.9. The van der Waals surface area contributed by atoms with Crippen molar-refractivity contribution in [2.24, 2.45) is 0 Å². The highest BCUT2D eigenvalue weighted by Crippen LogP contribution is 2.08. The zero-order chi connectivity index (χ0) is 9.72. The maximum Gasteiger partial charge on any atom is 0.346 e. The molecular weight excluding hydrogens is 224 g/mol. The molecule has 0 saturated carbocycles. The molecule has 4 heteroatoms. The highest BCUT2D eigenvalue weighted by Gasteiger charge is 2.18. The minimum absolute atomic E-state index is 0.00841. The number of ether oxygens (including phenoxy) is 2. The molecule has 0 bridgehead atoms. The standard InChI is InChI=1S/C8H15BrO3/c1-5(2)11-7(9)8(10)12-6(3)4/h5-7H,1-4H3. The van der Waals surface area contributed by atoms with Gasteiger partial charge in [-0.05, 0) is 43.6 Å². The number of carbonyl (C=O) groups is 1. The first kappa shape index (κ1) is 11.9. The molecule has 0 fully saturated rings. The smallest absolute Gasteiger partial charge is 0.346 e. The van der Waals surface area contributed by atoms with Crippen molar-refractivity contribution in [1.29, 1.82) is 0 Å². The largest absolute Gasteiger partial charge is 0.460 e. The van der Waals surface area contributed by atoms with Gasteiger partial charge in [0.15, 0.2) is 0 Å². The van der Waals surface area contributed by atoms with Gasteiger partial charge in [0.2, 0.25) is 5.01 Å². The number of hydrogen-bond donors (Lipinski definition) is 0. The summed E-state index contributed by atoms with van der Waals surface area (Å²) < 4.78 is 10.1. The predicted octanol–water partition coefficient (Wildman–Crippen LogP) is 2.08. The van der Waals surface area contributed by atoms with E-state index in [1.54, 1.807) is 13.8 Å². The zero-order valence-electron chi connectivity index (χ0n) is 7.83. The van der Waals surface area contributed by atoms with Crippen LogP contribution in [0.1, 0.15) is 27.7 Å². The van der Waals surface area contributed by atoms with Crippen LogP contribution in [0.25, 0.3) is 0 Å². The van der Waals surface area contributed by atoms with Gasteiger partial charge in [-0.25, -0.2) is 4.79 Å². The Hall–Kier alpha value is -0.0900. The SMILES string of the molecule is CC(C)OC(=O)C(Br)OC(C)C. The molecule has 0 saturated heterocycles. The minimum Gasteiger partial charge on any atom is -0.460 e. The van der Waals surface area contributed by atoms with E-state index < -0.39 is 5.01 Å². The van der Waals surface area contributed by atoms with E-state index in [9.17, 15) is 4.79 Å². The second-order valence-electron chi connectivity index (χ2n) is 2.99. The van der Waals surface area contributed by atoms with Gasteiger partial charge >= 0.3 is 5.97 Å². The average molecular weight is 239 g/mol. The number of carbonyl (C=O) groups excluding carboxylic acids is 1. The van der Waals surface area contributed by atoms with Gasteiger partial charge in [-0.3, -0.25) is 0 Å². The number of halogens is 1. The van der Waals surface area contributed by atoms with E-state index in [4.69, 9.17) is 9.47 Å². The van der Waals surface area contributed by atoms with E-state index in [-0.39, 0.29) is 18.2 Å². The van der Waals surface area contributed by atoms with E-state index in [2.05, 4.69) is 15.9 Å². The van der Waals surface area contributed by atoms with Gasteiger partial charge in [-0.1, -0.05) is 0 Å². The lowest BCUT2D eigenvalue weighted by Crippen LogP contribution is -2.25. The molecule has 12 heavy (non-hydrogen) atoms. The molecule has 0 aromatic carbocycles. The lowest BCUT2D eigenvalue weighted by molar-refractivity contribution is -0.156. The Morgan fingerprint density at radius 1 is 1.17 bits per heavy atom. The quantitative estimate of drug-likeness (QED) is 0.556. The first-order chi connectivity index (χ1) is 5.43. The molecule has 0 aromatic rings. The van der Waals surface area contributed by atoms with Gasteiger partial charge in [0, 0.05) is 0 Å². The third-order valence-electron chi connectivity index (χ3n) is 0.929. The van der Waals surface area contributed by atoms with Crippen LogP contribution in [-0.2, 0) is 14.3 Å². The van der Waals surface area contributed by atoms with Crippen molar-refractivity contribution in [3.8, 4) is 0 Å². The van der Waals surface area contributed by atoms with Crippen molar-refractivity contribution in [3.05, 3.63) is 0 Å². The molecule has 0 aliphatic heterocycles. The van der Waals surface area contributed by atoms with Crippen LogP contribution in [0.5, 0.6) is 0 Å². The Labute approximate surface area is 81.6 Å². The summed E-state index contributed by atoms with van der Waals surface area (Å²) in [6, 6.07) is 0. The summed E-state index contributed by atoms with van der Waals surface area (Å²) in [5, 5.41) is -0.653. The molecule has 72 valence electrons. The Balaban J connectivity index is 3.77. The molecule has 0 heterocycles. The molecule has 1 unspecified atom stereocenters. The van der Waals surface area contributed by atoms with Crippen molar-refractivity contribution in [3.63, 3.8) is 0 Å². The molecule has 1 atom stereocenters. The molecule has 0 aliphatic carbocycles. The van der Waals surface area contributed by atoms with Crippen LogP contribution >= 0.6 is 15.9 Å². The number of alkyl halides is 1. The van der Waals surface area contributed by atoms with Crippen molar-refractivity contribution in [2.75, 3.05) is 0 Å². The molecule has 0 aliphatic rings. The van der Waals surface area contributed by atoms with Crippen LogP contribution in [0.15, 0.2) is 0 Å². The van der Waals surface area contributed by atoms with Crippen molar-refractivity contribution < 1.29 is 14.3 Å². The third kappa shape index (κ3) is 5.55. The summed E-state index contributed by atoms with van der Waals surface area (Å²) in [4.78, 5) is 11.1. The van der Waals surface area contributed by atoms with Crippen molar-refractivity contribution in [1.82, 2.24) is 0 Å². The zero-order valence-corrected chi connectivity index (χ0v) is 9.42. The van der Waals surface area contributed by atoms with Gasteiger partial charge in [0.25, 0.3) is 0 Å². The third-order valence-corrected chi connectivity index (χ3v) is 1.52. The van der Waals surface area contributed by atoms with Crippen LogP contribution < -0.4 is 0 Å². The van der Waals surface area contributed by atoms with Gasteiger partial charge in [0.1, 0.15) is 0 Å². The van der Waals surface area contributed by atoms with Crippen LogP contribution in [0, 0.1) is 0 Å². The lowest BCUT2D eigenvalue weighted by atomic mass is 10.5. The monoisotopic (exact) mass is 238 g/mol. The molecule has 3 nitrogen and oxygen atoms in total. The Morgan fingerprint density at radius 2 is 1.67 bits per heavy atom. The van der Waals surface area contributed by atoms with Crippen LogP contribution in [0.2, 0.25) is 0 Å². The topological polar surface area (TPSA) is 35.5 Å². The van der Waals surface area contributed by atoms with E-state index in [0.717, 1.165) is 0 Å². The Bertz CT molecular complexity index is 145. The lowest BCUT2D eigenvalue weighted by Gasteiger charge is -2.15. The summed E-state index contributed by atoms with van der Waals surface area (Å²) in [6.45, 7) is 7.31. The van der Waals surface area contributed by atoms with E-state index >= 15 is 0 Å². The molecule has 0 amide bonds. The molecule has 0 aromatic heterocycles. The molecule has 0 radical (unpaired) electrons.